The van der Waals surface area contributed by atoms with Gasteiger partial charge in [0.1, 0.15) is 18.1 Å². The molecule has 1 aliphatic heterocycles. The average molecular weight is 291 g/mol. The number of aromatic nitrogens is 2. The molecule has 0 aliphatic carbocycles. The first-order chi connectivity index (χ1) is 9.59. The maximum absolute atomic E-state index is 12.8. The Kier molecular flexibility index (Phi) is 3.26. The van der Waals surface area contributed by atoms with Crippen molar-refractivity contribution in [2.45, 2.75) is 25.8 Å². The third-order valence-electron chi connectivity index (χ3n) is 3.49. The van der Waals surface area contributed by atoms with Crippen molar-refractivity contribution in [3.8, 4) is 5.75 Å². The molecule has 4 nitrogen and oxygen atoms in total. The molecule has 0 spiro atoms. The molecule has 2 heterocycles. The van der Waals surface area contributed by atoms with Gasteiger partial charge in [0.2, 0.25) is 0 Å². The van der Waals surface area contributed by atoms with Crippen molar-refractivity contribution >= 4 is 17.4 Å². The maximum Gasteiger partial charge on any atom is 0.193 e. The molecule has 1 unspecified atom stereocenters. The second-order valence-corrected chi connectivity index (χ2v) is 5.55. The third-order valence-corrected chi connectivity index (χ3v) is 3.77. The Morgan fingerprint density at radius 2 is 2.20 bits per heavy atom. The van der Waals surface area contributed by atoms with Crippen molar-refractivity contribution in [3.63, 3.8) is 0 Å². The number of rotatable bonds is 3. The van der Waals surface area contributed by atoms with E-state index < -0.39 is 0 Å². The number of benzene rings is 1. The predicted octanol–water partition coefficient (Wildman–Crippen LogP) is 3.48. The summed E-state index contributed by atoms with van der Waals surface area (Å²) < 4.78 is 7.25. The second-order valence-electron chi connectivity index (χ2n) is 5.15. The SMILES string of the molecule is CC(C)n1ncc(Cl)c1C(=O)C1COc2ccccc21. The van der Waals surface area contributed by atoms with Crippen LogP contribution in [0.1, 0.15) is 41.9 Å². The Hall–Kier alpha value is -1.81. The van der Waals surface area contributed by atoms with Crippen molar-refractivity contribution in [2.75, 3.05) is 6.61 Å². The van der Waals surface area contributed by atoms with E-state index in [4.69, 9.17) is 16.3 Å². The van der Waals surface area contributed by atoms with Crippen LogP contribution in [0.5, 0.6) is 5.75 Å². The molecule has 0 bridgehead atoms. The Morgan fingerprint density at radius 3 is 2.95 bits per heavy atom. The Balaban J connectivity index is 2.01. The van der Waals surface area contributed by atoms with E-state index in [1.165, 1.54) is 6.20 Å². The first-order valence-corrected chi connectivity index (χ1v) is 6.96. The van der Waals surface area contributed by atoms with Gasteiger partial charge in [-0.25, -0.2) is 0 Å². The van der Waals surface area contributed by atoms with Crippen LogP contribution in [0.4, 0.5) is 0 Å². The molecule has 104 valence electrons. The molecule has 1 aromatic carbocycles. The monoisotopic (exact) mass is 290 g/mol. The Labute approximate surface area is 122 Å². The molecular formula is C15H15ClN2O2. The lowest BCUT2D eigenvalue weighted by Gasteiger charge is -2.13. The van der Waals surface area contributed by atoms with Gasteiger partial charge in [0.05, 0.1) is 17.1 Å². The van der Waals surface area contributed by atoms with E-state index in [-0.39, 0.29) is 17.7 Å². The summed E-state index contributed by atoms with van der Waals surface area (Å²) in [4.78, 5) is 12.8. The number of hydrogen-bond donors (Lipinski definition) is 0. The highest BCUT2D eigenvalue weighted by Gasteiger charge is 2.34. The number of fused-ring (bicyclic) bond motifs is 1. The quantitative estimate of drug-likeness (QED) is 0.813. The maximum atomic E-state index is 12.8. The Morgan fingerprint density at radius 1 is 1.45 bits per heavy atom. The number of ketones is 1. The summed E-state index contributed by atoms with van der Waals surface area (Å²) in [6.45, 7) is 4.30. The molecule has 0 saturated carbocycles. The highest BCUT2D eigenvalue weighted by molar-refractivity contribution is 6.33. The van der Waals surface area contributed by atoms with E-state index in [9.17, 15) is 4.79 Å². The molecule has 20 heavy (non-hydrogen) atoms. The summed E-state index contributed by atoms with van der Waals surface area (Å²) in [7, 11) is 0. The smallest absolute Gasteiger partial charge is 0.193 e. The average Bonchev–Trinajstić information content (AvgIpc) is 3.01. The van der Waals surface area contributed by atoms with Gasteiger partial charge < -0.3 is 4.74 Å². The van der Waals surface area contributed by atoms with E-state index in [1.807, 2.05) is 38.1 Å². The summed E-state index contributed by atoms with van der Waals surface area (Å²) in [5.74, 6) is 0.432. The van der Waals surface area contributed by atoms with Gasteiger partial charge in [-0.15, -0.1) is 0 Å². The van der Waals surface area contributed by atoms with Crippen LogP contribution in [0, 0.1) is 0 Å². The molecule has 5 heteroatoms. The van der Waals surface area contributed by atoms with Crippen LogP contribution in [0.15, 0.2) is 30.5 Å². The van der Waals surface area contributed by atoms with E-state index in [2.05, 4.69) is 5.10 Å². The fraction of sp³-hybridized carbons (Fsp3) is 0.333. The van der Waals surface area contributed by atoms with Gasteiger partial charge in [0, 0.05) is 11.6 Å². The zero-order valence-corrected chi connectivity index (χ0v) is 12.1. The zero-order chi connectivity index (χ0) is 14.3. The van der Waals surface area contributed by atoms with E-state index in [1.54, 1.807) is 4.68 Å². The fourth-order valence-electron chi connectivity index (χ4n) is 2.51. The Bertz CT molecular complexity index is 664. The van der Waals surface area contributed by atoms with E-state index in [0.717, 1.165) is 11.3 Å². The minimum Gasteiger partial charge on any atom is -0.492 e. The number of halogens is 1. The van der Waals surface area contributed by atoms with Crippen molar-refractivity contribution in [3.05, 3.63) is 46.7 Å². The zero-order valence-electron chi connectivity index (χ0n) is 11.3. The third kappa shape index (κ3) is 2.00. The van der Waals surface area contributed by atoms with Crippen LogP contribution in [0.3, 0.4) is 0 Å². The van der Waals surface area contributed by atoms with Crippen LogP contribution >= 0.6 is 11.6 Å². The first-order valence-electron chi connectivity index (χ1n) is 6.58. The number of para-hydroxylation sites is 1. The van der Waals surface area contributed by atoms with E-state index >= 15 is 0 Å². The number of carbonyl (C=O) groups excluding carboxylic acids is 1. The molecular weight excluding hydrogens is 276 g/mol. The number of nitrogens with zero attached hydrogens (tertiary/aromatic N) is 2. The lowest BCUT2D eigenvalue weighted by Crippen LogP contribution is -2.20. The first kappa shape index (κ1) is 13.2. The van der Waals surface area contributed by atoms with Crippen LogP contribution in [-0.2, 0) is 0 Å². The largest absolute Gasteiger partial charge is 0.492 e. The van der Waals surface area contributed by atoms with Crippen molar-refractivity contribution in [1.82, 2.24) is 9.78 Å². The van der Waals surface area contributed by atoms with Gasteiger partial charge in [0.25, 0.3) is 0 Å². The minimum absolute atomic E-state index is 0.0360. The summed E-state index contributed by atoms with van der Waals surface area (Å²) >= 11 is 6.14. The lowest BCUT2D eigenvalue weighted by atomic mass is 9.95. The summed E-state index contributed by atoms with van der Waals surface area (Å²) in [5.41, 5.74) is 1.39. The number of ether oxygens (including phenoxy) is 1. The second kappa shape index (κ2) is 4.94. The summed E-state index contributed by atoms with van der Waals surface area (Å²) in [6, 6.07) is 7.70. The van der Waals surface area contributed by atoms with Gasteiger partial charge in [-0.3, -0.25) is 9.48 Å². The van der Waals surface area contributed by atoms with Crippen LogP contribution in [0.25, 0.3) is 0 Å². The number of Topliss-reactive ketones (excluding diaryl/α,β-unsaturated/α-hetero) is 1. The molecule has 1 atom stereocenters. The summed E-state index contributed by atoms with van der Waals surface area (Å²) in [6.07, 6.45) is 1.52. The molecule has 0 saturated heterocycles. The number of hydrogen-bond acceptors (Lipinski definition) is 3. The highest BCUT2D eigenvalue weighted by atomic mass is 35.5. The van der Waals surface area contributed by atoms with Crippen molar-refractivity contribution in [1.29, 1.82) is 0 Å². The molecule has 0 amide bonds. The minimum atomic E-state index is -0.308. The predicted molar refractivity (Wildman–Crippen MR) is 76.6 cm³/mol. The molecule has 3 rings (SSSR count). The van der Waals surface area contributed by atoms with Gasteiger partial charge in [0.15, 0.2) is 5.78 Å². The van der Waals surface area contributed by atoms with Crippen LogP contribution in [-0.4, -0.2) is 22.2 Å². The molecule has 1 aliphatic rings. The highest BCUT2D eigenvalue weighted by Crippen LogP contribution is 2.36. The topological polar surface area (TPSA) is 44.1 Å². The molecule has 0 fully saturated rings. The van der Waals surface area contributed by atoms with Crippen molar-refractivity contribution < 1.29 is 9.53 Å². The number of carbonyl (C=O) groups is 1. The fourth-order valence-corrected chi connectivity index (χ4v) is 2.73. The summed E-state index contributed by atoms with van der Waals surface area (Å²) in [5, 5.41) is 4.58. The van der Waals surface area contributed by atoms with E-state index in [0.29, 0.717) is 17.3 Å². The van der Waals surface area contributed by atoms with Gasteiger partial charge in [-0.2, -0.15) is 5.10 Å². The molecule has 0 radical (unpaired) electrons. The van der Waals surface area contributed by atoms with Gasteiger partial charge >= 0.3 is 0 Å². The van der Waals surface area contributed by atoms with Crippen LogP contribution in [0.2, 0.25) is 5.02 Å². The lowest BCUT2D eigenvalue weighted by molar-refractivity contribution is 0.0935. The normalized spacial score (nSPS) is 17.1. The van der Waals surface area contributed by atoms with Gasteiger partial charge in [-0.1, -0.05) is 29.8 Å². The molecule has 1 aromatic heterocycles. The van der Waals surface area contributed by atoms with Gasteiger partial charge in [-0.05, 0) is 19.9 Å². The standard InChI is InChI=1S/C15H15ClN2O2/c1-9(2)18-14(12(16)7-17-18)15(19)11-8-20-13-6-4-3-5-10(11)13/h3-7,9,11H,8H2,1-2H3. The van der Waals surface area contributed by atoms with Crippen LogP contribution < -0.4 is 4.74 Å². The molecule has 2 aromatic rings. The van der Waals surface area contributed by atoms with Crippen molar-refractivity contribution in [2.24, 2.45) is 0 Å². The molecule has 0 N–H and O–H groups in total.